The second-order valence-electron chi connectivity index (χ2n) is 15.6. The molecule has 4 fully saturated rings. The maximum Gasteiger partial charge on any atom is 0.302 e. The molecule has 0 bridgehead atoms. The second-order valence-corrected chi connectivity index (χ2v) is 15.6. The summed E-state index contributed by atoms with van der Waals surface area (Å²) in [7, 11) is 0. The monoisotopic (exact) mass is 513 g/mol. The number of hydrogen-bond acceptors (Lipinski definition) is 4. The Labute approximate surface area is 226 Å². The summed E-state index contributed by atoms with van der Waals surface area (Å²) in [5.74, 6) is 2.24. The van der Waals surface area contributed by atoms with Gasteiger partial charge in [-0.2, -0.15) is 0 Å². The third-order valence-electron chi connectivity index (χ3n) is 13.8. The van der Waals surface area contributed by atoms with Gasteiger partial charge < -0.3 is 15.6 Å². The van der Waals surface area contributed by atoms with Crippen LogP contribution in [0.5, 0.6) is 0 Å². The molecule has 0 heterocycles. The first-order valence-corrected chi connectivity index (χ1v) is 15.5. The fourth-order valence-electron chi connectivity index (χ4n) is 11.8. The Bertz CT molecular complexity index is 969. The molecule has 0 radical (unpaired) electrons. The Balaban J connectivity index is 1.54. The van der Waals surface area contributed by atoms with Gasteiger partial charge in [-0.05, 0) is 104 Å². The van der Waals surface area contributed by atoms with Crippen LogP contribution < -0.4 is 5.73 Å². The van der Waals surface area contributed by atoms with Gasteiger partial charge in [0.05, 0.1) is 6.10 Å². The Morgan fingerprint density at radius 1 is 0.946 bits per heavy atom. The van der Waals surface area contributed by atoms with Crippen molar-refractivity contribution in [3.63, 3.8) is 0 Å². The van der Waals surface area contributed by atoms with Crippen molar-refractivity contribution in [2.45, 2.75) is 132 Å². The maximum absolute atomic E-state index is 11.9. The van der Waals surface area contributed by atoms with Crippen molar-refractivity contribution in [2.75, 3.05) is 6.54 Å². The zero-order valence-electron chi connectivity index (χ0n) is 25.1. The topological polar surface area (TPSA) is 72.5 Å². The molecule has 4 nitrogen and oxygen atoms in total. The molecule has 37 heavy (non-hydrogen) atoms. The third kappa shape index (κ3) is 3.56. The molecule has 9 atom stereocenters. The molecule has 0 aliphatic heterocycles. The molecule has 0 saturated heterocycles. The molecule has 5 aliphatic rings. The highest BCUT2D eigenvalue weighted by atomic mass is 16.5. The fourth-order valence-corrected chi connectivity index (χ4v) is 11.8. The largest absolute Gasteiger partial charge is 0.462 e. The highest BCUT2D eigenvalue weighted by molar-refractivity contribution is 5.66. The molecule has 0 aromatic rings. The highest BCUT2D eigenvalue weighted by Gasteiger charge is 2.70. The molecule has 2 unspecified atom stereocenters. The van der Waals surface area contributed by atoms with Crippen molar-refractivity contribution in [3.8, 4) is 0 Å². The minimum atomic E-state index is -0.417. The summed E-state index contributed by atoms with van der Waals surface area (Å²) >= 11 is 0. The van der Waals surface area contributed by atoms with Crippen LogP contribution in [0.4, 0.5) is 0 Å². The molecule has 0 amide bonds. The van der Waals surface area contributed by atoms with Crippen LogP contribution in [0.3, 0.4) is 0 Å². The van der Waals surface area contributed by atoms with Crippen molar-refractivity contribution in [1.29, 1.82) is 0 Å². The quantitative estimate of drug-likeness (QED) is 0.312. The number of nitrogens with two attached hydrogens (primary N) is 1. The fraction of sp³-hybridized carbons (Fsp3) is 0.909. The van der Waals surface area contributed by atoms with Crippen LogP contribution in [0.1, 0.15) is 120 Å². The smallest absolute Gasteiger partial charge is 0.302 e. The number of carbonyl (C=O) groups is 1. The Hall–Kier alpha value is -0.870. The molecule has 3 N–H and O–H groups in total. The Kier molecular flexibility index (Phi) is 6.60. The number of esters is 1. The highest BCUT2D eigenvalue weighted by Crippen LogP contribution is 2.77. The molecule has 0 spiro atoms. The molecular weight excluding hydrogens is 458 g/mol. The van der Waals surface area contributed by atoms with Crippen LogP contribution in [0, 0.1) is 50.7 Å². The number of aliphatic hydroxyl groups is 1. The van der Waals surface area contributed by atoms with Crippen LogP contribution in [0.25, 0.3) is 0 Å². The number of aliphatic hydroxyl groups excluding tert-OH is 1. The van der Waals surface area contributed by atoms with Gasteiger partial charge in [-0.3, -0.25) is 4.79 Å². The second kappa shape index (κ2) is 8.82. The third-order valence-corrected chi connectivity index (χ3v) is 13.8. The molecule has 210 valence electrons. The van der Waals surface area contributed by atoms with Gasteiger partial charge in [0.25, 0.3) is 0 Å². The van der Waals surface area contributed by atoms with E-state index in [1.807, 2.05) is 0 Å². The molecule has 0 aromatic carbocycles. The van der Waals surface area contributed by atoms with Crippen LogP contribution in [0.2, 0.25) is 0 Å². The first-order valence-electron chi connectivity index (χ1n) is 15.5. The Morgan fingerprint density at radius 2 is 1.65 bits per heavy atom. The van der Waals surface area contributed by atoms with Gasteiger partial charge in [-0.25, -0.2) is 0 Å². The van der Waals surface area contributed by atoms with Gasteiger partial charge in [0.1, 0.15) is 6.10 Å². The van der Waals surface area contributed by atoms with E-state index in [1.54, 1.807) is 18.1 Å². The zero-order valence-corrected chi connectivity index (χ0v) is 25.1. The van der Waals surface area contributed by atoms with E-state index in [9.17, 15) is 9.90 Å². The molecule has 0 aromatic heterocycles. The maximum atomic E-state index is 11.9. The van der Waals surface area contributed by atoms with E-state index in [4.69, 9.17) is 10.5 Å². The average Bonchev–Trinajstić information content (AvgIpc) is 3.22. The predicted molar refractivity (Wildman–Crippen MR) is 150 cm³/mol. The van der Waals surface area contributed by atoms with E-state index < -0.39 is 6.10 Å². The minimum Gasteiger partial charge on any atom is -0.462 e. The lowest BCUT2D eigenvalue weighted by molar-refractivity contribution is -0.234. The summed E-state index contributed by atoms with van der Waals surface area (Å²) in [6.07, 6.45) is 11.3. The standard InChI is InChI=1S/C33H55NO3/c1-20(2)22-11-16-33(26(36)19-34)18-17-31(7)23(28(22)33)9-10-25-30(6)14-13-27(37-21(3)35)29(4,5)24(30)12-15-32(25,31)8/h20,23-27,36H,9-19,34H2,1-8H3/t23-,24?,25-,26?,27+,30+,31-,32-,33-/m1/s1. The summed E-state index contributed by atoms with van der Waals surface area (Å²) in [5.41, 5.74) is 10.2. The van der Waals surface area contributed by atoms with E-state index in [0.717, 1.165) is 32.1 Å². The summed E-state index contributed by atoms with van der Waals surface area (Å²) in [6.45, 7) is 19.3. The Morgan fingerprint density at radius 3 is 2.27 bits per heavy atom. The zero-order chi connectivity index (χ0) is 27.2. The summed E-state index contributed by atoms with van der Waals surface area (Å²) < 4.78 is 5.91. The molecule has 4 saturated carbocycles. The van der Waals surface area contributed by atoms with Gasteiger partial charge in [0.15, 0.2) is 0 Å². The van der Waals surface area contributed by atoms with E-state index in [1.165, 1.54) is 32.1 Å². The van der Waals surface area contributed by atoms with Gasteiger partial charge in [-0.15, -0.1) is 0 Å². The van der Waals surface area contributed by atoms with Crippen LogP contribution in [-0.2, 0) is 9.53 Å². The summed E-state index contributed by atoms with van der Waals surface area (Å²) in [5, 5.41) is 11.4. The predicted octanol–water partition coefficient (Wildman–Crippen LogP) is 7.04. The number of allylic oxidation sites excluding steroid dienone is 1. The minimum absolute atomic E-state index is 0.00347. The van der Waals surface area contributed by atoms with Crippen molar-refractivity contribution < 1.29 is 14.6 Å². The van der Waals surface area contributed by atoms with Crippen molar-refractivity contribution in [1.82, 2.24) is 0 Å². The van der Waals surface area contributed by atoms with Crippen LogP contribution >= 0.6 is 0 Å². The van der Waals surface area contributed by atoms with E-state index in [0.29, 0.717) is 30.2 Å². The number of hydrogen-bond donors (Lipinski definition) is 2. The van der Waals surface area contributed by atoms with E-state index in [2.05, 4.69) is 48.5 Å². The lowest BCUT2D eigenvalue weighted by Gasteiger charge is -2.72. The van der Waals surface area contributed by atoms with E-state index in [-0.39, 0.29) is 39.1 Å². The number of carbonyl (C=O) groups excluding carboxylic acids is 1. The van der Waals surface area contributed by atoms with Gasteiger partial charge in [-0.1, -0.05) is 59.6 Å². The van der Waals surface area contributed by atoms with Crippen LogP contribution in [-0.4, -0.2) is 29.8 Å². The lowest BCUT2D eigenvalue weighted by atomic mass is 9.33. The van der Waals surface area contributed by atoms with Gasteiger partial charge >= 0.3 is 5.97 Å². The molecular formula is C33H55NO3. The first kappa shape index (κ1) is 27.7. The SMILES string of the molecule is CC(=O)O[C@H]1CC[C@@]2(C)C(CC[C@]3(C)[C@@H]2CC[C@@H]2C4=C(C(C)C)CC[C@]4(C(O)CN)CC[C@]23C)C1(C)C. The lowest BCUT2D eigenvalue weighted by Crippen LogP contribution is -2.66. The van der Waals surface area contributed by atoms with E-state index >= 15 is 0 Å². The summed E-state index contributed by atoms with van der Waals surface area (Å²) in [4.78, 5) is 11.9. The molecule has 5 aliphatic carbocycles. The van der Waals surface area contributed by atoms with Crippen molar-refractivity contribution in [3.05, 3.63) is 11.1 Å². The summed E-state index contributed by atoms with van der Waals surface area (Å²) in [6, 6.07) is 0. The number of ether oxygens (including phenoxy) is 1. The molecule has 4 heteroatoms. The van der Waals surface area contributed by atoms with Crippen LogP contribution in [0.15, 0.2) is 11.1 Å². The normalized spacial score (nSPS) is 47.5. The van der Waals surface area contributed by atoms with Crippen molar-refractivity contribution >= 4 is 5.97 Å². The molecule has 5 rings (SSSR count). The number of fused-ring (bicyclic) bond motifs is 7. The number of rotatable bonds is 4. The van der Waals surface area contributed by atoms with Crippen molar-refractivity contribution in [2.24, 2.45) is 56.5 Å². The van der Waals surface area contributed by atoms with Gasteiger partial charge in [0.2, 0.25) is 0 Å². The average molecular weight is 514 g/mol. The first-order chi connectivity index (χ1) is 17.2. The van der Waals surface area contributed by atoms with Gasteiger partial charge in [0, 0.05) is 24.3 Å².